The van der Waals surface area contributed by atoms with Crippen molar-refractivity contribution < 1.29 is 14.3 Å². The average Bonchev–Trinajstić information content (AvgIpc) is 2.87. The van der Waals surface area contributed by atoms with E-state index >= 15 is 0 Å². The molecule has 0 aromatic heterocycles. The lowest BCUT2D eigenvalue weighted by molar-refractivity contribution is -0.192. The maximum atomic E-state index is 12.4. The largest absolute Gasteiger partial charge is 0.399 e. The summed E-state index contributed by atoms with van der Waals surface area (Å²) >= 11 is 0. The molecule has 2 aliphatic heterocycles. The summed E-state index contributed by atoms with van der Waals surface area (Å²) in [6.45, 7) is 2.55. The van der Waals surface area contributed by atoms with Gasteiger partial charge in [-0.05, 0) is 24.1 Å². The van der Waals surface area contributed by atoms with Crippen LogP contribution in [-0.2, 0) is 20.7 Å². The van der Waals surface area contributed by atoms with Crippen LogP contribution in [-0.4, -0.2) is 42.9 Å². The fourth-order valence-corrected chi connectivity index (χ4v) is 2.92. The third-order valence-electron chi connectivity index (χ3n) is 3.89. The molecule has 0 saturated carbocycles. The minimum absolute atomic E-state index is 0.105. The molecule has 108 valence electrons. The van der Waals surface area contributed by atoms with E-state index in [9.17, 15) is 4.79 Å². The second-order valence-corrected chi connectivity index (χ2v) is 5.45. The van der Waals surface area contributed by atoms with E-state index in [4.69, 9.17) is 15.2 Å². The summed E-state index contributed by atoms with van der Waals surface area (Å²) in [6.07, 6.45) is 2.17. The summed E-state index contributed by atoms with van der Waals surface area (Å²) in [4.78, 5) is 14.2. The van der Waals surface area contributed by atoms with Crippen LogP contribution in [0.3, 0.4) is 0 Å². The van der Waals surface area contributed by atoms with E-state index < -0.39 is 5.79 Å². The van der Waals surface area contributed by atoms with Crippen molar-refractivity contribution in [2.75, 3.05) is 32.0 Å². The lowest BCUT2D eigenvalue weighted by Gasteiger charge is -2.38. The van der Waals surface area contributed by atoms with Crippen molar-refractivity contribution in [1.29, 1.82) is 0 Å². The van der Waals surface area contributed by atoms with Crippen LogP contribution in [0.15, 0.2) is 24.3 Å². The minimum atomic E-state index is -0.552. The SMILES string of the molecule is Nc1cccc(CC(=O)N2CCCC3(C2)OCCO3)c1. The molecule has 2 aliphatic rings. The Morgan fingerprint density at radius 2 is 2.15 bits per heavy atom. The minimum Gasteiger partial charge on any atom is -0.399 e. The van der Waals surface area contributed by atoms with Gasteiger partial charge in [0.15, 0.2) is 5.79 Å². The van der Waals surface area contributed by atoms with Gasteiger partial charge in [-0.3, -0.25) is 4.79 Å². The second kappa shape index (κ2) is 5.42. The number of rotatable bonds is 2. The maximum absolute atomic E-state index is 12.4. The molecular weight excluding hydrogens is 256 g/mol. The standard InChI is InChI=1S/C15H20N2O3/c16-13-4-1-3-12(9-13)10-14(18)17-6-2-5-15(11-17)19-7-8-20-15/h1,3-4,9H,2,5-8,10-11,16H2. The predicted octanol–water partition coefficient (Wildman–Crippen LogP) is 1.18. The maximum Gasteiger partial charge on any atom is 0.227 e. The molecule has 20 heavy (non-hydrogen) atoms. The highest BCUT2D eigenvalue weighted by atomic mass is 16.7. The van der Waals surface area contributed by atoms with Crippen molar-refractivity contribution in [3.05, 3.63) is 29.8 Å². The van der Waals surface area contributed by atoms with Crippen molar-refractivity contribution in [1.82, 2.24) is 4.90 Å². The average molecular weight is 276 g/mol. The van der Waals surface area contributed by atoms with Gasteiger partial charge in [0, 0.05) is 18.7 Å². The number of hydrogen-bond donors (Lipinski definition) is 1. The number of amides is 1. The molecule has 0 bridgehead atoms. The van der Waals surface area contributed by atoms with Gasteiger partial charge in [-0.15, -0.1) is 0 Å². The molecular formula is C15H20N2O3. The van der Waals surface area contributed by atoms with E-state index in [1.165, 1.54) is 0 Å². The highest BCUT2D eigenvalue weighted by molar-refractivity contribution is 5.79. The molecule has 2 fully saturated rings. The number of carbonyl (C=O) groups is 1. The first kappa shape index (κ1) is 13.4. The highest BCUT2D eigenvalue weighted by Crippen LogP contribution is 2.30. The fourth-order valence-electron chi connectivity index (χ4n) is 2.92. The second-order valence-electron chi connectivity index (χ2n) is 5.45. The van der Waals surface area contributed by atoms with Crippen LogP contribution in [0.2, 0.25) is 0 Å². The topological polar surface area (TPSA) is 64.8 Å². The number of nitrogens with zero attached hydrogens (tertiary/aromatic N) is 1. The first-order chi connectivity index (χ1) is 9.67. The first-order valence-electron chi connectivity index (χ1n) is 7.07. The summed E-state index contributed by atoms with van der Waals surface area (Å²) in [5, 5.41) is 0. The number of nitrogens with two attached hydrogens (primary N) is 1. The summed E-state index contributed by atoms with van der Waals surface area (Å²) in [5.41, 5.74) is 7.38. The molecule has 1 aromatic carbocycles. The van der Waals surface area contributed by atoms with Gasteiger partial charge >= 0.3 is 0 Å². The number of benzene rings is 1. The van der Waals surface area contributed by atoms with Crippen molar-refractivity contribution in [3.8, 4) is 0 Å². The van der Waals surface area contributed by atoms with Gasteiger partial charge < -0.3 is 20.1 Å². The van der Waals surface area contributed by atoms with Gasteiger partial charge in [0.2, 0.25) is 5.91 Å². The van der Waals surface area contributed by atoms with E-state index in [0.717, 1.165) is 24.9 Å². The quantitative estimate of drug-likeness (QED) is 0.824. The van der Waals surface area contributed by atoms with Gasteiger partial charge in [-0.1, -0.05) is 12.1 Å². The van der Waals surface area contributed by atoms with Gasteiger partial charge in [-0.2, -0.15) is 0 Å². The Morgan fingerprint density at radius 3 is 2.90 bits per heavy atom. The molecule has 0 radical (unpaired) electrons. The molecule has 2 N–H and O–H groups in total. The van der Waals surface area contributed by atoms with Crippen molar-refractivity contribution in [3.63, 3.8) is 0 Å². The number of ether oxygens (including phenoxy) is 2. The number of anilines is 1. The third-order valence-corrected chi connectivity index (χ3v) is 3.89. The summed E-state index contributed by atoms with van der Waals surface area (Å²) in [5.74, 6) is -0.447. The van der Waals surface area contributed by atoms with E-state index in [1.807, 2.05) is 29.2 Å². The zero-order valence-corrected chi connectivity index (χ0v) is 11.5. The van der Waals surface area contributed by atoms with Crippen LogP contribution in [0, 0.1) is 0 Å². The van der Waals surface area contributed by atoms with Crippen LogP contribution >= 0.6 is 0 Å². The zero-order valence-electron chi connectivity index (χ0n) is 11.5. The molecule has 5 nitrogen and oxygen atoms in total. The zero-order chi connectivity index (χ0) is 14.0. The summed E-state index contributed by atoms with van der Waals surface area (Å²) < 4.78 is 11.4. The molecule has 1 spiro atoms. The number of hydrogen-bond acceptors (Lipinski definition) is 4. The molecule has 5 heteroatoms. The predicted molar refractivity (Wildman–Crippen MR) is 75.0 cm³/mol. The lowest BCUT2D eigenvalue weighted by atomic mass is 10.0. The van der Waals surface area contributed by atoms with E-state index in [0.29, 0.717) is 31.9 Å². The molecule has 2 saturated heterocycles. The van der Waals surface area contributed by atoms with Gasteiger partial charge in [0.25, 0.3) is 0 Å². The number of nitrogen functional groups attached to an aromatic ring is 1. The van der Waals surface area contributed by atoms with Gasteiger partial charge in [0.05, 0.1) is 26.2 Å². The number of likely N-dealkylation sites (tertiary alicyclic amines) is 1. The summed E-state index contributed by atoms with van der Waals surface area (Å²) in [6, 6.07) is 7.47. The van der Waals surface area contributed by atoms with Crippen LogP contribution in [0.25, 0.3) is 0 Å². The van der Waals surface area contributed by atoms with E-state index in [2.05, 4.69) is 0 Å². The molecule has 2 heterocycles. The van der Waals surface area contributed by atoms with E-state index in [1.54, 1.807) is 0 Å². The molecule has 0 atom stereocenters. The lowest BCUT2D eigenvalue weighted by Crippen LogP contribution is -2.51. The third kappa shape index (κ3) is 2.78. The fraction of sp³-hybridized carbons (Fsp3) is 0.533. The molecule has 3 rings (SSSR count). The van der Waals surface area contributed by atoms with Crippen LogP contribution in [0.1, 0.15) is 18.4 Å². The Bertz CT molecular complexity index is 498. The molecule has 0 aliphatic carbocycles. The molecule has 1 aromatic rings. The summed E-state index contributed by atoms with van der Waals surface area (Å²) in [7, 11) is 0. The molecule has 1 amide bonds. The van der Waals surface area contributed by atoms with Gasteiger partial charge in [-0.25, -0.2) is 0 Å². The van der Waals surface area contributed by atoms with Crippen LogP contribution < -0.4 is 5.73 Å². The smallest absolute Gasteiger partial charge is 0.227 e. The normalized spacial score (nSPS) is 21.3. The van der Waals surface area contributed by atoms with Gasteiger partial charge in [0.1, 0.15) is 0 Å². The van der Waals surface area contributed by atoms with Crippen molar-refractivity contribution >= 4 is 11.6 Å². The Morgan fingerprint density at radius 1 is 1.35 bits per heavy atom. The Labute approximate surface area is 118 Å². The first-order valence-corrected chi connectivity index (χ1v) is 7.07. The van der Waals surface area contributed by atoms with Crippen LogP contribution in [0.4, 0.5) is 5.69 Å². The highest BCUT2D eigenvalue weighted by Gasteiger charge is 2.41. The van der Waals surface area contributed by atoms with Crippen molar-refractivity contribution in [2.45, 2.75) is 25.0 Å². The number of carbonyl (C=O) groups excluding carboxylic acids is 1. The Balaban J connectivity index is 1.65. The van der Waals surface area contributed by atoms with Crippen molar-refractivity contribution in [2.24, 2.45) is 0 Å². The Kier molecular flexibility index (Phi) is 3.63. The molecule has 0 unspecified atom stereocenters. The van der Waals surface area contributed by atoms with Crippen LogP contribution in [0.5, 0.6) is 0 Å². The monoisotopic (exact) mass is 276 g/mol. The Hall–Kier alpha value is -1.59. The van der Waals surface area contributed by atoms with E-state index in [-0.39, 0.29) is 5.91 Å². The number of piperidine rings is 1.